The first kappa shape index (κ1) is 20.9. The Labute approximate surface area is 161 Å². The van der Waals surface area contributed by atoms with Crippen molar-refractivity contribution in [1.82, 2.24) is 9.46 Å². The van der Waals surface area contributed by atoms with E-state index < -0.39 is 28.0 Å². The van der Waals surface area contributed by atoms with E-state index in [4.69, 9.17) is 20.9 Å². The number of nitrogens with zero attached hydrogens (tertiary/aromatic N) is 2. The fourth-order valence-corrected chi connectivity index (χ4v) is 3.35. The van der Waals surface area contributed by atoms with Crippen molar-refractivity contribution in [3.63, 3.8) is 0 Å². The minimum atomic E-state index is -3.79. The second-order valence-electron chi connectivity index (χ2n) is 5.80. The van der Waals surface area contributed by atoms with Crippen LogP contribution in [0.15, 0.2) is 33.7 Å². The van der Waals surface area contributed by atoms with Gasteiger partial charge in [-0.1, -0.05) is 16.8 Å². The molecule has 1 heterocycles. The van der Waals surface area contributed by atoms with Crippen molar-refractivity contribution < 1.29 is 27.3 Å². The summed E-state index contributed by atoms with van der Waals surface area (Å²) in [5.74, 6) is -1.63. The third-order valence-corrected chi connectivity index (χ3v) is 5.74. The van der Waals surface area contributed by atoms with Crippen LogP contribution in [0.1, 0.15) is 23.2 Å². The number of nitrogens with one attached hydrogen (secondary N) is 1. The molecule has 0 aliphatic rings. The van der Waals surface area contributed by atoms with Gasteiger partial charge in [-0.15, -0.1) is 0 Å². The zero-order chi connectivity index (χ0) is 20.4. The molecule has 0 saturated heterocycles. The molecule has 1 N–H and O–H groups in total. The largest absolute Gasteiger partial charge is 0.447 e. The predicted molar refractivity (Wildman–Crippen MR) is 97.1 cm³/mol. The lowest BCUT2D eigenvalue weighted by Gasteiger charge is -2.15. The summed E-state index contributed by atoms with van der Waals surface area (Å²) in [6.07, 6.45) is -1.16. The van der Waals surface area contributed by atoms with E-state index in [1.807, 2.05) is 0 Å². The Morgan fingerprint density at radius 1 is 1.30 bits per heavy atom. The van der Waals surface area contributed by atoms with E-state index in [1.165, 1.54) is 45.3 Å². The Morgan fingerprint density at radius 2 is 1.96 bits per heavy atom. The summed E-state index contributed by atoms with van der Waals surface area (Å²) in [6.45, 7) is 3.00. The fourth-order valence-electron chi connectivity index (χ4n) is 1.95. The second-order valence-corrected chi connectivity index (χ2v) is 8.33. The molecule has 11 heteroatoms. The zero-order valence-corrected chi connectivity index (χ0v) is 16.6. The second kappa shape index (κ2) is 8.07. The van der Waals surface area contributed by atoms with Crippen LogP contribution in [-0.2, 0) is 19.6 Å². The number of sulfonamides is 1. The summed E-state index contributed by atoms with van der Waals surface area (Å²) in [5, 5.41) is 6.06. The van der Waals surface area contributed by atoms with Crippen LogP contribution in [0.2, 0.25) is 5.02 Å². The van der Waals surface area contributed by atoms with Crippen LogP contribution in [-0.4, -0.2) is 50.0 Å². The van der Waals surface area contributed by atoms with Crippen molar-refractivity contribution in [3.05, 3.63) is 40.7 Å². The van der Waals surface area contributed by atoms with Crippen LogP contribution in [0.3, 0.4) is 0 Å². The van der Waals surface area contributed by atoms with Gasteiger partial charge in [0.2, 0.25) is 15.8 Å². The molecule has 0 fully saturated rings. The van der Waals surface area contributed by atoms with Gasteiger partial charge in [-0.05, 0) is 32.0 Å². The number of hydrogen-bond donors (Lipinski definition) is 1. The molecule has 2 rings (SSSR count). The smallest absolute Gasteiger partial charge is 0.377 e. The first-order chi connectivity index (χ1) is 12.5. The Hall–Kier alpha value is -2.43. The van der Waals surface area contributed by atoms with E-state index in [-0.39, 0.29) is 21.4 Å². The van der Waals surface area contributed by atoms with Gasteiger partial charge in [-0.3, -0.25) is 4.79 Å². The number of anilines is 1. The van der Waals surface area contributed by atoms with Gasteiger partial charge >= 0.3 is 5.97 Å². The fraction of sp³-hybridized carbons (Fsp3) is 0.312. The van der Waals surface area contributed by atoms with Crippen molar-refractivity contribution in [2.75, 3.05) is 19.4 Å². The van der Waals surface area contributed by atoms with Crippen molar-refractivity contribution in [1.29, 1.82) is 0 Å². The normalized spacial score (nSPS) is 12.7. The SMILES string of the molecule is Cc1cc(C(=O)O[C@@H](C)C(=O)Nc2ccc(Cl)c(S(=O)(=O)N(C)C)c2)on1. The first-order valence-corrected chi connectivity index (χ1v) is 9.51. The van der Waals surface area contributed by atoms with Crippen molar-refractivity contribution in [3.8, 4) is 0 Å². The predicted octanol–water partition coefficient (Wildman–Crippen LogP) is 2.07. The van der Waals surface area contributed by atoms with E-state index in [0.29, 0.717) is 5.69 Å². The van der Waals surface area contributed by atoms with Gasteiger partial charge in [0.15, 0.2) is 6.10 Å². The standard InChI is InChI=1S/C16H18ClN3O6S/c1-9-7-13(26-19-9)16(22)25-10(2)15(21)18-11-5-6-12(17)14(8-11)27(23,24)20(3)4/h5-8,10H,1-4H3,(H,18,21)/t10-/m0/s1. The van der Waals surface area contributed by atoms with Crippen LogP contribution in [0.5, 0.6) is 0 Å². The maximum absolute atomic E-state index is 12.3. The molecule has 0 radical (unpaired) electrons. The molecule has 2 aromatic rings. The molecular weight excluding hydrogens is 398 g/mol. The van der Waals surface area contributed by atoms with Crippen molar-refractivity contribution in [2.24, 2.45) is 0 Å². The molecule has 0 spiro atoms. The maximum Gasteiger partial charge on any atom is 0.377 e. The van der Waals surface area contributed by atoms with E-state index in [1.54, 1.807) is 6.92 Å². The van der Waals surface area contributed by atoms with Gasteiger partial charge in [0, 0.05) is 25.8 Å². The molecule has 9 nitrogen and oxygen atoms in total. The van der Waals surface area contributed by atoms with Crippen LogP contribution in [0.25, 0.3) is 0 Å². The average Bonchev–Trinajstić information content (AvgIpc) is 3.02. The molecule has 1 aromatic carbocycles. The highest BCUT2D eigenvalue weighted by Gasteiger charge is 2.24. The van der Waals surface area contributed by atoms with E-state index in [9.17, 15) is 18.0 Å². The third kappa shape index (κ3) is 4.85. The van der Waals surface area contributed by atoms with Crippen LogP contribution >= 0.6 is 11.6 Å². The summed E-state index contributed by atoms with van der Waals surface area (Å²) < 4.78 is 35.3. The highest BCUT2D eigenvalue weighted by atomic mass is 35.5. The van der Waals surface area contributed by atoms with Crippen LogP contribution in [0.4, 0.5) is 5.69 Å². The van der Waals surface area contributed by atoms with Gasteiger partial charge in [-0.2, -0.15) is 0 Å². The summed E-state index contributed by atoms with van der Waals surface area (Å²) >= 11 is 5.96. The number of amides is 1. The van der Waals surface area contributed by atoms with Crippen LogP contribution < -0.4 is 5.32 Å². The molecule has 0 aliphatic heterocycles. The summed E-state index contributed by atoms with van der Waals surface area (Å²) in [6, 6.07) is 5.39. The molecule has 0 bridgehead atoms. The minimum absolute atomic E-state index is 0.0156. The number of ether oxygens (including phenoxy) is 1. The molecular formula is C16H18ClN3O6S. The highest BCUT2D eigenvalue weighted by molar-refractivity contribution is 7.89. The monoisotopic (exact) mass is 415 g/mol. The number of aryl methyl sites for hydroxylation is 1. The number of carbonyl (C=O) groups excluding carboxylic acids is 2. The summed E-state index contributed by atoms with van der Waals surface area (Å²) in [7, 11) is -1.06. The van der Waals surface area contributed by atoms with E-state index in [0.717, 1.165) is 4.31 Å². The molecule has 1 aromatic heterocycles. The van der Waals surface area contributed by atoms with E-state index >= 15 is 0 Å². The average molecular weight is 416 g/mol. The number of carbonyl (C=O) groups is 2. The molecule has 27 heavy (non-hydrogen) atoms. The maximum atomic E-state index is 12.3. The number of esters is 1. The van der Waals surface area contributed by atoms with Crippen molar-refractivity contribution in [2.45, 2.75) is 24.8 Å². The Morgan fingerprint density at radius 3 is 2.52 bits per heavy atom. The molecule has 0 saturated carbocycles. The third-order valence-electron chi connectivity index (χ3n) is 3.44. The topological polar surface area (TPSA) is 119 Å². The van der Waals surface area contributed by atoms with Gasteiger partial charge in [0.05, 0.1) is 10.7 Å². The molecule has 0 aliphatic carbocycles. The number of halogens is 1. The zero-order valence-electron chi connectivity index (χ0n) is 15.0. The minimum Gasteiger partial charge on any atom is -0.447 e. The molecule has 146 valence electrons. The van der Waals surface area contributed by atoms with Gasteiger partial charge < -0.3 is 14.6 Å². The highest BCUT2D eigenvalue weighted by Crippen LogP contribution is 2.27. The van der Waals surface area contributed by atoms with Gasteiger partial charge in [0.1, 0.15) is 4.90 Å². The quantitative estimate of drug-likeness (QED) is 0.717. The van der Waals surface area contributed by atoms with E-state index in [2.05, 4.69) is 10.5 Å². The van der Waals surface area contributed by atoms with Crippen molar-refractivity contribution >= 4 is 39.2 Å². The number of aromatic nitrogens is 1. The molecule has 1 amide bonds. The Bertz CT molecular complexity index is 970. The molecule has 0 unspecified atom stereocenters. The first-order valence-electron chi connectivity index (χ1n) is 7.69. The van der Waals surface area contributed by atoms with Gasteiger partial charge in [-0.25, -0.2) is 17.5 Å². The van der Waals surface area contributed by atoms with Crippen LogP contribution in [0, 0.1) is 6.92 Å². The summed E-state index contributed by atoms with van der Waals surface area (Å²) in [4.78, 5) is 24.0. The lowest BCUT2D eigenvalue weighted by molar-refractivity contribution is -0.123. The lowest BCUT2D eigenvalue weighted by Crippen LogP contribution is -2.30. The lowest BCUT2D eigenvalue weighted by atomic mass is 10.3. The number of hydrogen-bond acceptors (Lipinski definition) is 7. The Balaban J connectivity index is 2.12. The number of rotatable bonds is 6. The van der Waals surface area contributed by atoms with Gasteiger partial charge in [0.25, 0.3) is 5.91 Å². The molecule has 1 atom stereocenters. The summed E-state index contributed by atoms with van der Waals surface area (Å²) in [5.41, 5.74) is 0.679. The Kier molecular flexibility index (Phi) is 6.24. The number of benzene rings is 1.